The van der Waals surface area contributed by atoms with E-state index in [4.69, 9.17) is 21.1 Å². The largest absolute Gasteiger partial charge is 0.494 e. The molecule has 2 aromatic carbocycles. The lowest BCUT2D eigenvalue weighted by atomic mass is 10.0. The quantitative estimate of drug-likeness (QED) is 0.227. The van der Waals surface area contributed by atoms with Crippen molar-refractivity contribution in [1.29, 1.82) is 0 Å². The average Bonchev–Trinajstić information content (AvgIpc) is 3.65. The number of halogens is 1. The molecule has 46 heavy (non-hydrogen) atoms. The lowest BCUT2D eigenvalue weighted by molar-refractivity contribution is 0.130. The number of aryl methyl sites for hydroxylation is 1. The molecule has 4 aromatic rings. The second-order valence-corrected chi connectivity index (χ2v) is 16.5. The molecule has 3 aliphatic rings. The Bertz CT molecular complexity index is 1800. The molecule has 5 heterocycles. The highest BCUT2D eigenvalue weighted by Crippen LogP contribution is 2.42. The number of ether oxygens (including phenoxy) is 2. The fourth-order valence-electron chi connectivity index (χ4n) is 7.21. The van der Waals surface area contributed by atoms with E-state index in [2.05, 4.69) is 59.4 Å². The van der Waals surface area contributed by atoms with Crippen LogP contribution in [-0.4, -0.2) is 90.7 Å². The second kappa shape index (κ2) is 12.6. The molecule has 3 fully saturated rings. The van der Waals surface area contributed by atoms with Gasteiger partial charge in [-0.2, -0.15) is 4.98 Å². The van der Waals surface area contributed by atoms with E-state index in [-0.39, 0.29) is 0 Å². The maximum Gasteiger partial charge on any atom is 0.229 e. The summed E-state index contributed by atoms with van der Waals surface area (Å²) < 4.78 is 24.9. The maximum atomic E-state index is 13.4. The number of likely N-dealkylation sites (tertiary alicyclic amines) is 1. The molecule has 11 nitrogen and oxygen atoms in total. The van der Waals surface area contributed by atoms with E-state index in [0.717, 1.165) is 62.2 Å². The minimum atomic E-state index is -2.76. The van der Waals surface area contributed by atoms with Gasteiger partial charge in [0.25, 0.3) is 0 Å². The molecule has 1 unspecified atom stereocenters. The standard InChI is InChI=1S/C33H40ClN8O3P/c1-20-13-27(29(44-2)14-28(20)41-11-7-23(8-12-41)42-16-21-18-45-19-22(21)17-42)39-33-37-15-24(34)32(40-33)38-26-6-5-25-30(36-10-9-35-25)31(26)46(3,4)43/h5-6,9-10,13-15,21-23H,7-8,11-12,16-19H2,1-4H3,(H2,37,38,39,40)/t21-,22?/m0/s1. The summed E-state index contributed by atoms with van der Waals surface area (Å²) in [6, 6.07) is 8.50. The minimum absolute atomic E-state index is 0.324. The van der Waals surface area contributed by atoms with E-state index in [1.807, 2.05) is 12.1 Å². The SMILES string of the molecule is COc1cc(N2CCC(N3CC4COC[C@@H]4C3)CC2)c(C)cc1Nc1ncc(Cl)c(Nc2ccc3nccnc3c2P(C)(C)=O)n1. The molecular weight excluding hydrogens is 623 g/mol. The van der Waals surface area contributed by atoms with Crippen molar-refractivity contribution in [3.8, 4) is 5.75 Å². The number of nitrogens with zero attached hydrogens (tertiary/aromatic N) is 6. The van der Waals surface area contributed by atoms with E-state index >= 15 is 0 Å². The van der Waals surface area contributed by atoms with E-state index in [9.17, 15) is 4.57 Å². The summed E-state index contributed by atoms with van der Waals surface area (Å²) in [5.41, 5.74) is 4.94. The molecule has 0 amide bonds. The van der Waals surface area contributed by atoms with Gasteiger partial charge < -0.3 is 29.6 Å². The molecule has 13 heteroatoms. The predicted octanol–water partition coefficient (Wildman–Crippen LogP) is 5.67. The summed E-state index contributed by atoms with van der Waals surface area (Å²) in [6.45, 7) is 11.8. The molecule has 2 aromatic heterocycles. The second-order valence-electron chi connectivity index (χ2n) is 12.9. The van der Waals surface area contributed by atoms with Gasteiger partial charge in [-0.25, -0.2) is 4.98 Å². The number of fused-ring (bicyclic) bond motifs is 2. The van der Waals surface area contributed by atoms with Gasteiger partial charge in [-0.1, -0.05) is 11.6 Å². The summed E-state index contributed by atoms with van der Waals surface area (Å²) in [7, 11) is -1.09. The van der Waals surface area contributed by atoms with Crippen LogP contribution in [0.2, 0.25) is 5.02 Å². The van der Waals surface area contributed by atoms with Crippen molar-refractivity contribution < 1.29 is 14.0 Å². The van der Waals surface area contributed by atoms with Crippen LogP contribution in [0.4, 0.5) is 28.8 Å². The molecule has 0 aliphatic carbocycles. The Morgan fingerprint density at radius 2 is 1.74 bits per heavy atom. The minimum Gasteiger partial charge on any atom is -0.494 e. The van der Waals surface area contributed by atoms with Gasteiger partial charge in [-0.15, -0.1) is 0 Å². The summed E-state index contributed by atoms with van der Waals surface area (Å²) in [4.78, 5) is 23.1. The number of hydrogen-bond acceptors (Lipinski definition) is 11. The monoisotopic (exact) mass is 662 g/mol. The first-order valence-corrected chi connectivity index (χ1v) is 18.8. The van der Waals surface area contributed by atoms with Gasteiger partial charge >= 0.3 is 0 Å². The van der Waals surface area contributed by atoms with Crippen molar-refractivity contribution in [3.63, 3.8) is 0 Å². The number of benzene rings is 2. The third-order valence-electron chi connectivity index (χ3n) is 9.50. The van der Waals surface area contributed by atoms with Crippen molar-refractivity contribution in [2.75, 3.05) is 75.4 Å². The number of methoxy groups -OCH3 is 1. The molecule has 242 valence electrons. The van der Waals surface area contributed by atoms with Crippen LogP contribution in [0.25, 0.3) is 11.0 Å². The molecule has 3 aliphatic heterocycles. The van der Waals surface area contributed by atoms with Crippen LogP contribution < -0.4 is 25.6 Å². The van der Waals surface area contributed by atoms with Gasteiger partial charge in [0.2, 0.25) is 5.95 Å². The Kier molecular flexibility index (Phi) is 8.52. The van der Waals surface area contributed by atoms with Gasteiger partial charge in [0, 0.05) is 68.2 Å². The van der Waals surface area contributed by atoms with E-state index in [1.165, 1.54) is 25.0 Å². The number of rotatable bonds is 8. The Hall–Kier alpha value is -3.50. The van der Waals surface area contributed by atoms with E-state index in [1.54, 1.807) is 32.8 Å². The van der Waals surface area contributed by atoms with Gasteiger partial charge in [0.15, 0.2) is 5.82 Å². The molecule has 0 spiro atoms. The van der Waals surface area contributed by atoms with Crippen molar-refractivity contribution in [2.24, 2.45) is 11.8 Å². The van der Waals surface area contributed by atoms with Gasteiger partial charge in [-0.05, 0) is 56.9 Å². The van der Waals surface area contributed by atoms with Crippen LogP contribution in [0.5, 0.6) is 5.75 Å². The van der Waals surface area contributed by atoms with Gasteiger partial charge in [0.1, 0.15) is 23.4 Å². The van der Waals surface area contributed by atoms with Crippen LogP contribution >= 0.6 is 18.7 Å². The van der Waals surface area contributed by atoms with E-state index in [0.29, 0.717) is 50.6 Å². The van der Waals surface area contributed by atoms with Gasteiger partial charge in [0.05, 0.1) is 48.7 Å². The summed E-state index contributed by atoms with van der Waals surface area (Å²) in [5.74, 6) is 2.87. The summed E-state index contributed by atoms with van der Waals surface area (Å²) >= 11 is 6.55. The zero-order valence-electron chi connectivity index (χ0n) is 26.7. The number of aromatic nitrogens is 4. The lowest BCUT2D eigenvalue weighted by Crippen LogP contribution is -2.44. The molecular formula is C33H40ClN8O3P. The number of piperidine rings is 1. The Morgan fingerprint density at radius 3 is 2.46 bits per heavy atom. The summed E-state index contributed by atoms with van der Waals surface area (Å²) in [5, 5.41) is 7.53. The average molecular weight is 663 g/mol. The molecule has 2 atom stereocenters. The Morgan fingerprint density at radius 1 is 1.00 bits per heavy atom. The van der Waals surface area contributed by atoms with E-state index < -0.39 is 7.14 Å². The molecule has 2 N–H and O–H groups in total. The number of nitrogens with one attached hydrogen (secondary N) is 2. The number of anilines is 5. The molecule has 0 bridgehead atoms. The molecule has 3 saturated heterocycles. The number of hydrogen-bond donors (Lipinski definition) is 2. The lowest BCUT2D eigenvalue weighted by Gasteiger charge is -2.39. The van der Waals surface area contributed by atoms with Crippen molar-refractivity contribution >= 4 is 63.9 Å². The maximum absolute atomic E-state index is 13.4. The highest BCUT2D eigenvalue weighted by Gasteiger charge is 2.40. The zero-order valence-corrected chi connectivity index (χ0v) is 28.3. The molecule has 7 rings (SSSR count). The first-order chi connectivity index (χ1) is 22.2. The summed E-state index contributed by atoms with van der Waals surface area (Å²) in [6.07, 6.45) is 7.08. The Labute approximate surface area is 274 Å². The van der Waals surface area contributed by atoms with Crippen LogP contribution in [0.15, 0.2) is 42.9 Å². The van der Waals surface area contributed by atoms with Gasteiger partial charge in [-0.3, -0.25) is 14.9 Å². The predicted molar refractivity (Wildman–Crippen MR) is 185 cm³/mol. The highest BCUT2D eigenvalue weighted by atomic mass is 35.5. The van der Waals surface area contributed by atoms with Crippen molar-refractivity contribution in [1.82, 2.24) is 24.8 Å². The Balaban J connectivity index is 1.08. The third kappa shape index (κ3) is 6.13. The third-order valence-corrected chi connectivity index (χ3v) is 11.3. The fraction of sp³-hybridized carbons (Fsp3) is 0.455. The van der Waals surface area contributed by atoms with Crippen LogP contribution in [0.1, 0.15) is 18.4 Å². The van der Waals surface area contributed by atoms with Crippen LogP contribution in [-0.2, 0) is 9.30 Å². The van der Waals surface area contributed by atoms with Crippen LogP contribution in [0, 0.1) is 18.8 Å². The molecule has 0 saturated carbocycles. The first kappa shape index (κ1) is 31.1. The topological polar surface area (TPSA) is 118 Å². The van der Waals surface area contributed by atoms with Crippen LogP contribution in [0.3, 0.4) is 0 Å². The normalized spacial score (nSPS) is 20.7. The van der Waals surface area contributed by atoms with Crippen molar-refractivity contribution in [2.45, 2.75) is 25.8 Å². The first-order valence-electron chi connectivity index (χ1n) is 15.8. The highest BCUT2D eigenvalue weighted by molar-refractivity contribution is 7.71. The van der Waals surface area contributed by atoms with Crippen molar-refractivity contribution in [3.05, 3.63) is 53.4 Å². The molecule has 0 radical (unpaired) electrons. The zero-order chi connectivity index (χ0) is 32.0. The smallest absolute Gasteiger partial charge is 0.229 e. The fourth-order valence-corrected chi connectivity index (χ4v) is 8.74.